The molecule has 110 valence electrons. The zero-order valence-corrected chi connectivity index (χ0v) is 13.8. The molecule has 2 nitrogen and oxygen atoms in total. The highest BCUT2D eigenvalue weighted by atomic mass is 32.1. The first-order chi connectivity index (χ1) is 9.35. The molecular weight excluding hydrogens is 264 g/mol. The van der Waals surface area contributed by atoms with Gasteiger partial charge in [-0.2, -0.15) is 0 Å². The zero-order valence-electron chi connectivity index (χ0n) is 13.0. The SMILES string of the molecule is Cc1nc(C23CC4CC(C)(CC(C)(C4)C2)C3)sc1CN. The van der Waals surface area contributed by atoms with Gasteiger partial charge in [-0.15, -0.1) is 11.3 Å². The van der Waals surface area contributed by atoms with Crippen LogP contribution in [0.1, 0.15) is 68.0 Å². The number of hydrogen-bond acceptors (Lipinski definition) is 3. The van der Waals surface area contributed by atoms with Gasteiger partial charge in [0.25, 0.3) is 0 Å². The Labute approximate surface area is 126 Å². The first-order valence-electron chi connectivity index (χ1n) is 8.02. The third-order valence-electron chi connectivity index (χ3n) is 6.16. The third kappa shape index (κ3) is 1.75. The van der Waals surface area contributed by atoms with Crippen LogP contribution in [0.3, 0.4) is 0 Å². The average Bonchev–Trinajstić information content (AvgIpc) is 2.66. The van der Waals surface area contributed by atoms with Crippen LogP contribution in [0.2, 0.25) is 0 Å². The average molecular weight is 290 g/mol. The fourth-order valence-electron chi connectivity index (χ4n) is 6.53. The van der Waals surface area contributed by atoms with Crippen molar-refractivity contribution in [2.75, 3.05) is 0 Å². The van der Waals surface area contributed by atoms with Crippen LogP contribution in [0.4, 0.5) is 0 Å². The Bertz CT molecular complexity index is 543. The Morgan fingerprint density at radius 2 is 1.80 bits per heavy atom. The molecular formula is C17H26N2S. The maximum absolute atomic E-state index is 5.88. The summed E-state index contributed by atoms with van der Waals surface area (Å²) in [6, 6.07) is 0. The predicted molar refractivity (Wildman–Crippen MR) is 83.8 cm³/mol. The summed E-state index contributed by atoms with van der Waals surface area (Å²) >= 11 is 1.91. The molecule has 2 atom stereocenters. The van der Waals surface area contributed by atoms with Crippen LogP contribution in [0.5, 0.6) is 0 Å². The van der Waals surface area contributed by atoms with Gasteiger partial charge in [-0.05, 0) is 62.2 Å². The van der Waals surface area contributed by atoms with Gasteiger partial charge in [-0.1, -0.05) is 13.8 Å². The smallest absolute Gasteiger partial charge is 0.0993 e. The molecule has 0 saturated heterocycles. The van der Waals surface area contributed by atoms with Gasteiger partial charge in [0, 0.05) is 16.8 Å². The van der Waals surface area contributed by atoms with E-state index >= 15 is 0 Å². The normalized spacial score (nSPS) is 46.1. The lowest BCUT2D eigenvalue weighted by Crippen LogP contribution is -2.56. The van der Waals surface area contributed by atoms with E-state index in [9.17, 15) is 0 Å². The van der Waals surface area contributed by atoms with Gasteiger partial charge in [0.05, 0.1) is 10.7 Å². The molecule has 4 bridgehead atoms. The van der Waals surface area contributed by atoms with E-state index in [2.05, 4.69) is 20.8 Å². The molecule has 2 N–H and O–H groups in total. The quantitative estimate of drug-likeness (QED) is 0.888. The highest BCUT2D eigenvalue weighted by Gasteiger charge is 2.61. The van der Waals surface area contributed by atoms with E-state index in [-0.39, 0.29) is 0 Å². The minimum absolute atomic E-state index is 0.381. The Kier molecular flexibility index (Phi) is 2.56. The molecule has 1 heterocycles. The van der Waals surface area contributed by atoms with Crippen molar-refractivity contribution < 1.29 is 0 Å². The fraction of sp³-hybridized carbons (Fsp3) is 0.824. The topological polar surface area (TPSA) is 38.9 Å². The molecule has 0 spiro atoms. The van der Waals surface area contributed by atoms with E-state index in [0.717, 1.165) is 5.92 Å². The second kappa shape index (κ2) is 3.86. The molecule has 4 fully saturated rings. The number of nitrogens with two attached hydrogens (primary N) is 1. The summed E-state index contributed by atoms with van der Waals surface area (Å²) in [5.41, 5.74) is 8.57. The van der Waals surface area contributed by atoms with Crippen LogP contribution in [-0.2, 0) is 12.0 Å². The van der Waals surface area contributed by atoms with Crippen molar-refractivity contribution in [1.29, 1.82) is 0 Å². The minimum atomic E-state index is 0.381. The van der Waals surface area contributed by atoms with Crippen molar-refractivity contribution in [3.63, 3.8) is 0 Å². The van der Waals surface area contributed by atoms with Gasteiger partial charge < -0.3 is 5.73 Å². The van der Waals surface area contributed by atoms with Gasteiger partial charge in [-0.25, -0.2) is 4.98 Å². The number of aryl methyl sites for hydroxylation is 1. The van der Waals surface area contributed by atoms with E-state index < -0.39 is 0 Å². The first kappa shape index (κ1) is 13.3. The van der Waals surface area contributed by atoms with Crippen LogP contribution in [0, 0.1) is 23.7 Å². The summed E-state index contributed by atoms with van der Waals surface area (Å²) in [6.07, 6.45) is 8.46. The van der Waals surface area contributed by atoms with Gasteiger partial charge in [-0.3, -0.25) is 0 Å². The second-order valence-electron chi connectivity index (χ2n) is 8.64. The molecule has 5 rings (SSSR count). The van der Waals surface area contributed by atoms with Crippen molar-refractivity contribution in [2.45, 2.75) is 71.3 Å². The Morgan fingerprint density at radius 3 is 2.30 bits per heavy atom. The number of thiazole rings is 1. The third-order valence-corrected chi connectivity index (χ3v) is 7.58. The first-order valence-corrected chi connectivity index (χ1v) is 8.84. The van der Waals surface area contributed by atoms with E-state index in [1.807, 2.05) is 11.3 Å². The molecule has 4 aliphatic rings. The molecule has 0 aromatic carbocycles. The molecule has 20 heavy (non-hydrogen) atoms. The van der Waals surface area contributed by atoms with Gasteiger partial charge >= 0.3 is 0 Å². The van der Waals surface area contributed by atoms with E-state index in [1.54, 1.807) is 0 Å². The standard InChI is InChI=1S/C17H26N2S/c1-11-13(7-18)20-14(19-11)17-6-12-4-15(2,9-17)8-16(3,5-12)10-17/h12H,4-10,18H2,1-3H3. The molecule has 1 aromatic heterocycles. The van der Waals surface area contributed by atoms with Gasteiger partial charge in [0.2, 0.25) is 0 Å². The van der Waals surface area contributed by atoms with E-state index in [0.29, 0.717) is 22.8 Å². The van der Waals surface area contributed by atoms with Crippen molar-refractivity contribution in [3.8, 4) is 0 Å². The molecule has 0 amide bonds. The van der Waals surface area contributed by atoms with Crippen LogP contribution in [0.25, 0.3) is 0 Å². The van der Waals surface area contributed by atoms with E-state index in [1.165, 1.54) is 54.1 Å². The van der Waals surface area contributed by atoms with Crippen molar-refractivity contribution in [1.82, 2.24) is 4.98 Å². The number of hydrogen-bond donors (Lipinski definition) is 1. The number of rotatable bonds is 2. The van der Waals surface area contributed by atoms with Gasteiger partial charge in [0.15, 0.2) is 0 Å². The Morgan fingerprint density at radius 1 is 1.15 bits per heavy atom. The second-order valence-corrected chi connectivity index (χ2v) is 9.73. The van der Waals surface area contributed by atoms with Gasteiger partial charge in [0.1, 0.15) is 0 Å². The van der Waals surface area contributed by atoms with Crippen LogP contribution in [0.15, 0.2) is 0 Å². The maximum atomic E-state index is 5.88. The molecule has 1 aromatic rings. The lowest BCUT2D eigenvalue weighted by Gasteiger charge is -2.64. The number of aromatic nitrogens is 1. The molecule has 4 saturated carbocycles. The summed E-state index contributed by atoms with van der Waals surface area (Å²) in [7, 11) is 0. The summed E-state index contributed by atoms with van der Waals surface area (Å²) in [5.74, 6) is 0.937. The highest BCUT2D eigenvalue weighted by molar-refractivity contribution is 7.11. The predicted octanol–water partition coefficient (Wildman–Crippen LogP) is 4.16. The summed E-state index contributed by atoms with van der Waals surface area (Å²) in [6.45, 7) is 7.85. The molecule has 3 heteroatoms. The number of nitrogens with zero attached hydrogens (tertiary/aromatic N) is 1. The van der Waals surface area contributed by atoms with Crippen LogP contribution in [-0.4, -0.2) is 4.98 Å². The summed E-state index contributed by atoms with van der Waals surface area (Å²) < 4.78 is 0. The van der Waals surface area contributed by atoms with E-state index in [4.69, 9.17) is 10.7 Å². The fourth-order valence-corrected chi connectivity index (χ4v) is 7.67. The molecule has 4 aliphatic carbocycles. The zero-order chi connectivity index (χ0) is 14.2. The molecule has 0 radical (unpaired) electrons. The Hall–Kier alpha value is -0.410. The summed E-state index contributed by atoms with van der Waals surface area (Å²) in [5, 5.41) is 1.41. The Balaban J connectivity index is 1.80. The summed E-state index contributed by atoms with van der Waals surface area (Å²) in [4.78, 5) is 6.27. The van der Waals surface area contributed by atoms with Crippen molar-refractivity contribution >= 4 is 11.3 Å². The molecule has 0 aliphatic heterocycles. The largest absolute Gasteiger partial charge is 0.326 e. The lowest BCUT2D eigenvalue weighted by atomic mass is 9.40. The monoisotopic (exact) mass is 290 g/mol. The van der Waals surface area contributed by atoms with Crippen LogP contribution < -0.4 is 5.73 Å². The molecule has 2 unspecified atom stereocenters. The lowest BCUT2D eigenvalue weighted by molar-refractivity contribution is -0.110. The highest BCUT2D eigenvalue weighted by Crippen LogP contribution is 2.70. The van der Waals surface area contributed by atoms with Crippen molar-refractivity contribution in [3.05, 3.63) is 15.6 Å². The minimum Gasteiger partial charge on any atom is -0.326 e. The van der Waals surface area contributed by atoms with Crippen LogP contribution >= 0.6 is 11.3 Å². The van der Waals surface area contributed by atoms with Crippen molar-refractivity contribution in [2.24, 2.45) is 22.5 Å². The maximum Gasteiger partial charge on any atom is 0.0993 e.